The van der Waals surface area contributed by atoms with E-state index in [-0.39, 0.29) is 16.4 Å². The second-order valence-electron chi connectivity index (χ2n) is 13.8. The Hall–Kier alpha value is -1.18. The summed E-state index contributed by atoms with van der Waals surface area (Å²) in [6.07, 6.45) is 14.8. The van der Waals surface area contributed by atoms with Gasteiger partial charge in [0.1, 0.15) is 5.60 Å². The number of fused-ring (bicyclic) bond motifs is 5. The molecule has 4 aliphatic carbocycles. The van der Waals surface area contributed by atoms with E-state index in [0.29, 0.717) is 23.3 Å². The highest BCUT2D eigenvalue weighted by Crippen LogP contribution is 2.68. The molecule has 7 atom stereocenters. The van der Waals surface area contributed by atoms with Crippen molar-refractivity contribution >= 4 is 0 Å². The Kier molecular flexibility index (Phi) is 6.41. The fourth-order valence-electron chi connectivity index (χ4n) is 8.64. The number of hydrogen-bond acceptors (Lipinski definition) is 2. The second-order valence-corrected chi connectivity index (χ2v) is 13.8. The number of hydrogen-bond donors (Lipinski definition) is 1. The summed E-state index contributed by atoms with van der Waals surface area (Å²) in [4.78, 5) is 0. The van der Waals surface area contributed by atoms with E-state index in [0.717, 1.165) is 30.9 Å². The summed E-state index contributed by atoms with van der Waals surface area (Å²) in [5.41, 5.74) is 3.75. The minimum Gasteiger partial charge on any atom is -0.492 e. The fourth-order valence-corrected chi connectivity index (χ4v) is 8.64. The molecule has 3 saturated carbocycles. The third kappa shape index (κ3) is 4.23. The van der Waals surface area contributed by atoms with Crippen molar-refractivity contribution in [2.75, 3.05) is 0 Å². The van der Waals surface area contributed by atoms with Crippen molar-refractivity contribution in [2.45, 2.75) is 124 Å². The van der Waals surface area contributed by atoms with Crippen LogP contribution in [0.4, 0.5) is 0 Å². The lowest BCUT2D eigenvalue weighted by molar-refractivity contribution is -0.135. The molecule has 4 aliphatic rings. The Balaban J connectivity index is 1.68. The molecule has 2 nitrogen and oxygen atoms in total. The molecule has 0 bridgehead atoms. The Bertz CT molecular complexity index is 817. The highest BCUT2D eigenvalue weighted by Gasteiger charge is 2.65. The van der Waals surface area contributed by atoms with Crippen LogP contribution in [0.15, 0.2) is 36.3 Å². The van der Waals surface area contributed by atoms with Crippen molar-refractivity contribution in [3.8, 4) is 0 Å². The quantitative estimate of drug-likeness (QED) is 0.321. The smallest absolute Gasteiger partial charge is 0.111 e. The molecule has 3 fully saturated rings. The molecule has 1 N–H and O–H groups in total. The van der Waals surface area contributed by atoms with Crippen LogP contribution in [0.2, 0.25) is 0 Å². The van der Waals surface area contributed by atoms with Gasteiger partial charge in [0.2, 0.25) is 0 Å². The summed E-state index contributed by atoms with van der Waals surface area (Å²) in [6.45, 7) is 25.4. The molecule has 0 aromatic heterocycles. The first-order valence-electron chi connectivity index (χ1n) is 13.8. The third-order valence-electron chi connectivity index (χ3n) is 10.5. The lowest BCUT2D eigenvalue weighted by Gasteiger charge is -2.61. The van der Waals surface area contributed by atoms with Crippen LogP contribution in [0.5, 0.6) is 0 Å². The van der Waals surface area contributed by atoms with Crippen LogP contribution in [0.25, 0.3) is 0 Å². The van der Waals surface area contributed by atoms with E-state index in [1.54, 1.807) is 5.57 Å². The maximum Gasteiger partial charge on any atom is 0.111 e. The molecule has 0 amide bonds. The molecule has 0 aliphatic heterocycles. The monoisotopic (exact) mass is 453 g/mol. The van der Waals surface area contributed by atoms with Crippen molar-refractivity contribution in [1.29, 1.82) is 0 Å². The molecule has 0 saturated heterocycles. The summed E-state index contributed by atoms with van der Waals surface area (Å²) in [5, 5.41) is 4.04. The Morgan fingerprint density at radius 1 is 1.09 bits per heavy atom. The number of nitrogens with one attached hydrogen (secondary N) is 1. The summed E-state index contributed by atoms with van der Waals surface area (Å²) in [6, 6.07) is 0.503. The molecule has 0 radical (unpaired) electrons. The van der Waals surface area contributed by atoms with Gasteiger partial charge >= 0.3 is 0 Å². The minimum absolute atomic E-state index is 0.0910. The highest BCUT2D eigenvalue weighted by atomic mass is 16.5. The first-order chi connectivity index (χ1) is 15.3. The van der Waals surface area contributed by atoms with Crippen molar-refractivity contribution in [3.05, 3.63) is 36.3 Å². The fraction of sp³-hybridized carbons (Fsp3) is 0.806. The van der Waals surface area contributed by atoms with Gasteiger partial charge in [-0.25, -0.2) is 0 Å². The van der Waals surface area contributed by atoms with Gasteiger partial charge in [-0.1, -0.05) is 66.3 Å². The molecule has 33 heavy (non-hydrogen) atoms. The third-order valence-corrected chi connectivity index (χ3v) is 10.5. The van der Waals surface area contributed by atoms with Gasteiger partial charge in [-0.2, -0.15) is 0 Å². The second kappa shape index (κ2) is 8.49. The zero-order valence-corrected chi connectivity index (χ0v) is 22.8. The molecule has 0 aromatic carbocycles. The zero-order chi connectivity index (χ0) is 24.2. The highest BCUT2D eigenvalue weighted by molar-refractivity contribution is 5.28. The first-order valence-corrected chi connectivity index (χ1v) is 13.8. The van der Waals surface area contributed by atoms with Crippen molar-refractivity contribution < 1.29 is 4.74 Å². The minimum atomic E-state index is -0.0910. The van der Waals surface area contributed by atoms with Gasteiger partial charge in [0.15, 0.2) is 0 Å². The Labute approximate surface area is 204 Å². The predicted octanol–water partition coefficient (Wildman–Crippen LogP) is 8.56. The van der Waals surface area contributed by atoms with Crippen LogP contribution >= 0.6 is 0 Å². The predicted molar refractivity (Wildman–Crippen MR) is 141 cm³/mol. The molecule has 7 unspecified atom stereocenters. The van der Waals surface area contributed by atoms with Crippen molar-refractivity contribution in [3.63, 3.8) is 0 Å². The average molecular weight is 454 g/mol. The van der Waals surface area contributed by atoms with E-state index in [1.165, 1.54) is 50.6 Å². The Morgan fingerprint density at radius 3 is 2.45 bits per heavy atom. The van der Waals surface area contributed by atoms with Gasteiger partial charge < -0.3 is 10.1 Å². The van der Waals surface area contributed by atoms with Crippen molar-refractivity contribution in [2.24, 2.45) is 34.0 Å². The molecule has 2 heteroatoms. The van der Waals surface area contributed by atoms with Gasteiger partial charge in [0.25, 0.3) is 0 Å². The molecular formula is C31H51NO. The zero-order valence-electron chi connectivity index (χ0n) is 22.8. The summed E-state index contributed by atoms with van der Waals surface area (Å²) in [5.74, 6) is 3.13. The van der Waals surface area contributed by atoms with E-state index < -0.39 is 0 Å². The van der Waals surface area contributed by atoms with E-state index in [2.05, 4.69) is 73.0 Å². The number of rotatable bonds is 6. The summed E-state index contributed by atoms with van der Waals surface area (Å²) < 4.78 is 6.67. The number of allylic oxidation sites excluding steroid dienone is 3. The van der Waals surface area contributed by atoms with E-state index in [9.17, 15) is 0 Å². The van der Waals surface area contributed by atoms with Gasteiger partial charge in [0, 0.05) is 23.6 Å². The van der Waals surface area contributed by atoms with E-state index in [1.807, 2.05) is 0 Å². The molecule has 186 valence electrons. The topological polar surface area (TPSA) is 21.3 Å². The maximum atomic E-state index is 6.67. The van der Waals surface area contributed by atoms with Crippen LogP contribution in [0.3, 0.4) is 0 Å². The molecule has 0 aromatic rings. The standard InChI is InChI=1S/C31H51NO/c1-10-22(3)33-31(9)18-15-25-27-24(14-17-30(25,31)8)29(7)16-12-11-13-23(29)19-26(27)32-21(2)20-28(4,5)6/h13,24-27,32H,2-3,10-12,14-20H2,1,4-9H3. The van der Waals surface area contributed by atoms with E-state index in [4.69, 9.17) is 4.74 Å². The van der Waals surface area contributed by atoms with Crippen LogP contribution in [0, 0.1) is 34.0 Å². The van der Waals surface area contributed by atoms with Crippen LogP contribution < -0.4 is 5.32 Å². The first kappa shape index (κ1) is 24.9. The largest absolute Gasteiger partial charge is 0.492 e. The van der Waals surface area contributed by atoms with E-state index >= 15 is 0 Å². The lowest BCUT2D eigenvalue weighted by atomic mass is 9.45. The van der Waals surface area contributed by atoms with Gasteiger partial charge in [0.05, 0.1) is 5.76 Å². The van der Waals surface area contributed by atoms with Gasteiger partial charge in [-0.3, -0.25) is 0 Å². The molecule has 4 rings (SSSR count). The van der Waals surface area contributed by atoms with Crippen molar-refractivity contribution in [1.82, 2.24) is 5.32 Å². The summed E-state index contributed by atoms with van der Waals surface area (Å²) in [7, 11) is 0. The molecule has 0 spiro atoms. The van der Waals surface area contributed by atoms with Crippen LogP contribution in [-0.2, 0) is 4.74 Å². The van der Waals surface area contributed by atoms with Gasteiger partial charge in [-0.15, -0.1) is 0 Å². The maximum absolute atomic E-state index is 6.67. The number of ether oxygens (including phenoxy) is 1. The average Bonchev–Trinajstić information content (AvgIpc) is 2.97. The van der Waals surface area contributed by atoms with Gasteiger partial charge in [-0.05, 0) is 93.3 Å². The SMILES string of the molecule is C=C(CC(C)(C)C)NC1CC2=CCCCC2(C)C2CCC3(C)C(CCC3(C)OC(=C)CC)C12. The van der Waals surface area contributed by atoms with Crippen LogP contribution in [0.1, 0.15) is 113 Å². The Morgan fingerprint density at radius 2 is 1.79 bits per heavy atom. The summed E-state index contributed by atoms with van der Waals surface area (Å²) >= 11 is 0. The lowest BCUT2D eigenvalue weighted by Crippen LogP contribution is -2.60. The normalized spacial score (nSPS) is 42.5. The molecule has 0 heterocycles. The van der Waals surface area contributed by atoms with Crippen LogP contribution in [-0.4, -0.2) is 11.6 Å². The molecular weight excluding hydrogens is 402 g/mol.